The topological polar surface area (TPSA) is 53.6 Å². The predicted molar refractivity (Wildman–Crippen MR) is 104 cm³/mol. The van der Waals surface area contributed by atoms with Crippen LogP contribution in [0.3, 0.4) is 0 Å². The highest BCUT2D eigenvalue weighted by Gasteiger charge is 2.12. The Balaban J connectivity index is 1.43. The number of morpholine rings is 1. The van der Waals surface area contributed by atoms with E-state index >= 15 is 0 Å². The monoisotopic (exact) mass is 371 g/mol. The first-order chi connectivity index (χ1) is 13.2. The summed E-state index contributed by atoms with van der Waals surface area (Å²) < 4.78 is 18.9. The van der Waals surface area contributed by atoms with E-state index in [0.717, 1.165) is 44.1 Å². The number of halogens is 1. The number of hydrogen-bond donors (Lipinski definition) is 2. The van der Waals surface area contributed by atoms with Gasteiger partial charge < -0.3 is 15.4 Å². The summed E-state index contributed by atoms with van der Waals surface area (Å²) in [7, 11) is 0. The highest BCUT2D eigenvalue weighted by molar-refractivity contribution is 5.90. The molecule has 0 atom stereocenters. The molecule has 0 spiro atoms. The van der Waals surface area contributed by atoms with Crippen LogP contribution in [0, 0.1) is 5.82 Å². The largest absolute Gasteiger partial charge is 0.379 e. The van der Waals surface area contributed by atoms with Crippen LogP contribution >= 0.6 is 0 Å². The van der Waals surface area contributed by atoms with Gasteiger partial charge in [0.1, 0.15) is 5.82 Å². The van der Waals surface area contributed by atoms with Gasteiger partial charge in [0, 0.05) is 50.4 Å². The molecular weight excluding hydrogens is 345 g/mol. The van der Waals surface area contributed by atoms with Crippen molar-refractivity contribution in [2.45, 2.75) is 19.5 Å². The molecule has 5 nitrogen and oxygen atoms in total. The lowest BCUT2D eigenvalue weighted by Crippen LogP contribution is -2.38. The maximum absolute atomic E-state index is 13.6. The molecule has 1 saturated heterocycles. The molecule has 0 bridgehead atoms. The molecule has 0 aliphatic carbocycles. The minimum absolute atomic E-state index is 0.0120. The van der Waals surface area contributed by atoms with Crippen molar-refractivity contribution in [1.82, 2.24) is 10.2 Å². The second kappa shape index (κ2) is 10.2. The highest BCUT2D eigenvalue weighted by Crippen LogP contribution is 2.12. The van der Waals surface area contributed by atoms with Crippen LogP contribution in [0.1, 0.15) is 17.5 Å². The van der Waals surface area contributed by atoms with Gasteiger partial charge in [0.15, 0.2) is 0 Å². The van der Waals surface area contributed by atoms with Crippen molar-refractivity contribution in [3.8, 4) is 0 Å². The normalized spacial score (nSPS) is 14.9. The van der Waals surface area contributed by atoms with E-state index in [0.29, 0.717) is 25.1 Å². The number of nitrogens with zero attached hydrogens (tertiary/aromatic N) is 1. The van der Waals surface area contributed by atoms with Crippen molar-refractivity contribution in [1.29, 1.82) is 0 Å². The molecule has 3 rings (SSSR count). The van der Waals surface area contributed by atoms with Gasteiger partial charge in [-0.25, -0.2) is 4.39 Å². The van der Waals surface area contributed by atoms with Crippen molar-refractivity contribution >= 4 is 11.6 Å². The summed E-state index contributed by atoms with van der Waals surface area (Å²) in [5.74, 6) is -0.191. The van der Waals surface area contributed by atoms with Gasteiger partial charge in [-0.3, -0.25) is 9.69 Å². The van der Waals surface area contributed by atoms with E-state index in [9.17, 15) is 9.18 Å². The van der Waals surface area contributed by atoms with Gasteiger partial charge >= 0.3 is 0 Å². The third-order valence-electron chi connectivity index (χ3n) is 4.57. The minimum Gasteiger partial charge on any atom is -0.379 e. The van der Waals surface area contributed by atoms with Crippen molar-refractivity contribution < 1.29 is 13.9 Å². The molecule has 1 aliphatic rings. The molecule has 1 heterocycles. The number of anilines is 1. The Morgan fingerprint density at radius 1 is 1.07 bits per heavy atom. The second-order valence-electron chi connectivity index (χ2n) is 6.65. The van der Waals surface area contributed by atoms with Crippen molar-refractivity contribution in [2.75, 3.05) is 38.2 Å². The standard InChI is InChI=1S/C21H26FN3O2/c22-20-7-2-1-5-18(20)16-23-15-17-4-3-6-19(14-17)24-21(26)8-9-25-10-12-27-13-11-25/h1-7,14,23H,8-13,15-16H2,(H,24,26). The summed E-state index contributed by atoms with van der Waals surface area (Å²) in [5.41, 5.74) is 2.47. The molecule has 1 fully saturated rings. The Morgan fingerprint density at radius 3 is 2.70 bits per heavy atom. The molecule has 0 radical (unpaired) electrons. The van der Waals surface area contributed by atoms with E-state index in [1.165, 1.54) is 6.07 Å². The van der Waals surface area contributed by atoms with Gasteiger partial charge in [-0.1, -0.05) is 30.3 Å². The van der Waals surface area contributed by atoms with Crippen LogP contribution < -0.4 is 10.6 Å². The fourth-order valence-electron chi connectivity index (χ4n) is 3.05. The van der Waals surface area contributed by atoms with E-state index in [4.69, 9.17) is 4.74 Å². The summed E-state index contributed by atoms with van der Waals surface area (Å²) in [5, 5.41) is 6.19. The van der Waals surface area contributed by atoms with Crippen LogP contribution in [0.5, 0.6) is 0 Å². The Bertz CT molecular complexity index is 748. The lowest BCUT2D eigenvalue weighted by atomic mass is 10.1. The third kappa shape index (κ3) is 6.43. The lowest BCUT2D eigenvalue weighted by Gasteiger charge is -2.26. The van der Waals surface area contributed by atoms with Crippen LogP contribution in [0.4, 0.5) is 10.1 Å². The Labute approximate surface area is 159 Å². The highest BCUT2D eigenvalue weighted by atomic mass is 19.1. The van der Waals surface area contributed by atoms with Gasteiger partial charge in [0.25, 0.3) is 0 Å². The number of carbonyl (C=O) groups is 1. The summed E-state index contributed by atoms with van der Waals surface area (Å²) in [6, 6.07) is 14.5. The first-order valence-electron chi connectivity index (χ1n) is 9.34. The van der Waals surface area contributed by atoms with Gasteiger partial charge in [-0.05, 0) is 23.8 Å². The Morgan fingerprint density at radius 2 is 1.89 bits per heavy atom. The average molecular weight is 371 g/mol. The molecule has 0 saturated carbocycles. The van der Waals surface area contributed by atoms with E-state index in [2.05, 4.69) is 15.5 Å². The van der Waals surface area contributed by atoms with Crippen LogP contribution in [-0.2, 0) is 22.6 Å². The molecular formula is C21H26FN3O2. The third-order valence-corrected chi connectivity index (χ3v) is 4.57. The molecule has 2 N–H and O–H groups in total. The van der Waals surface area contributed by atoms with E-state index in [1.54, 1.807) is 12.1 Å². The summed E-state index contributed by atoms with van der Waals surface area (Å²) in [4.78, 5) is 14.4. The SMILES string of the molecule is O=C(CCN1CCOCC1)Nc1cccc(CNCc2ccccc2F)c1. The van der Waals surface area contributed by atoms with Crippen molar-refractivity contribution in [2.24, 2.45) is 0 Å². The molecule has 1 aliphatic heterocycles. The van der Waals surface area contributed by atoms with Gasteiger partial charge in [-0.2, -0.15) is 0 Å². The van der Waals surface area contributed by atoms with Crippen molar-refractivity contribution in [3.05, 3.63) is 65.5 Å². The number of hydrogen-bond acceptors (Lipinski definition) is 4. The zero-order valence-electron chi connectivity index (χ0n) is 15.4. The fourth-order valence-corrected chi connectivity index (χ4v) is 3.05. The molecule has 2 aromatic rings. The van der Waals surface area contributed by atoms with E-state index in [-0.39, 0.29) is 11.7 Å². The zero-order chi connectivity index (χ0) is 18.9. The molecule has 0 aromatic heterocycles. The van der Waals surface area contributed by atoms with E-state index < -0.39 is 0 Å². The maximum Gasteiger partial charge on any atom is 0.225 e. The van der Waals surface area contributed by atoms with Crippen LogP contribution in [0.15, 0.2) is 48.5 Å². The summed E-state index contributed by atoms with van der Waals surface area (Å²) >= 11 is 0. The minimum atomic E-state index is -0.203. The Kier molecular flexibility index (Phi) is 7.33. The zero-order valence-corrected chi connectivity index (χ0v) is 15.4. The van der Waals surface area contributed by atoms with Gasteiger partial charge in [0.2, 0.25) is 5.91 Å². The molecule has 27 heavy (non-hydrogen) atoms. The molecule has 144 valence electrons. The number of nitrogens with one attached hydrogen (secondary N) is 2. The van der Waals surface area contributed by atoms with Gasteiger partial charge in [-0.15, -0.1) is 0 Å². The number of amides is 1. The summed E-state index contributed by atoms with van der Waals surface area (Å²) in [6.07, 6.45) is 0.468. The number of benzene rings is 2. The fraction of sp³-hybridized carbons (Fsp3) is 0.381. The van der Waals surface area contributed by atoms with Crippen LogP contribution in [0.2, 0.25) is 0 Å². The molecule has 2 aromatic carbocycles. The van der Waals surface area contributed by atoms with Crippen LogP contribution in [0.25, 0.3) is 0 Å². The summed E-state index contributed by atoms with van der Waals surface area (Å²) in [6.45, 7) is 5.06. The lowest BCUT2D eigenvalue weighted by molar-refractivity contribution is -0.116. The molecule has 6 heteroatoms. The average Bonchev–Trinajstić information content (AvgIpc) is 2.69. The quantitative estimate of drug-likeness (QED) is 0.749. The molecule has 1 amide bonds. The number of carbonyl (C=O) groups excluding carboxylic acids is 1. The van der Waals surface area contributed by atoms with Crippen LogP contribution in [-0.4, -0.2) is 43.7 Å². The maximum atomic E-state index is 13.6. The molecule has 0 unspecified atom stereocenters. The Hall–Kier alpha value is -2.28. The number of ether oxygens (including phenoxy) is 1. The predicted octanol–water partition coefficient (Wildman–Crippen LogP) is 2.78. The van der Waals surface area contributed by atoms with E-state index in [1.807, 2.05) is 30.3 Å². The van der Waals surface area contributed by atoms with Gasteiger partial charge in [0.05, 0.1) is 13.2 Å². The second-order valence-corrected chi connectivity index (χ2v) is 6.65. The van der Waals surface area contributed by atoms with Crippen molar-refractivity contribution in [3.63, 3.8) is 0 Å². The smallest absolute Gasteiger partial charge is 0.225 e. The number of rotatable bonds is 8. The first-order valence-corrected chi connectivity index (χ1v) is 9.34. The first kappa shape index (κ1) is 19.5.